The number of hydrogen-bond donors (Lipinski definition) is 1. The Labute approximate surface area is 118 Å². The Morgan fingerprint density at radius 1 is 1.45 bits per heavy atom. The van der Waals surface area contributed by atoms with Crippen LogP contribution in [0.3, 0.4) is 0 Å². The number of aryl methyl sites for hydroxylation is 1. The summed E-state index contributed by atoms with van der Waals surface area (Å²) in [6, 6.07) is 0.257. The second-order valence-electron chi connectivity index (χ2n) is 5.58. The highest BCUT2D eigenvalue weighted by Crippen LogP contribution is 2.30. The van der Waals surface area contributed by atoms with Crippen molar-refractivity contribution in [2.24, 2.45) is 7.05 Å². The van der Waals surface area contributed by atoms with E-state index in [1.807, 2.05) is 11.6 Å². The summed E-state index contributed by atoms with van der Waals surface area (Å²) in [5, 5.41) is 2.95. The van der Waals surface area contributed by atoms with Crippen LogP contribution in [0.15, 0.2) is 6.33 Å². The molecule has 1 atom stereocenters. The Bertz CT molecular complexity index is 648. The van der Waals surface area contributed by atoms with Crippen molar-refractivity contribution in [2.75, 3.05) is 12.8 Å². The first kappa shape index (κ1) is 13.6. The second kappa shape index (κ2) is 4.56. The summed E-state index contributed by atoms with van der Waals surface area (Å²) in [5.74, 6) is -0.590. The third-order valence-electron chi connectivity index (χ3n) is 3.81. The van der Waals surface area contributed by atoms with E-state index < -0.39 is 15.9 Å². The molecular formula is C12H18N4O3S. The van der Waals surface area contributed by atoms with Crippen LogP contribution in [0, 0.1) is 0 Å². The molecule has 1 aromatic rings. The van der Waals surface area contributed by atoms with E-state index in [2.05, 4.69) is 10.3 Å². The molecule has 0 aromatic carbocycles. The van der Waals surface area contributed by atoms with Crippen molar-refractivity contribution >= 4 is 15.9 Å². The van der Waals surface area contributed by atoms with Gasteiger partial charge in [-0.05, 0) is 12.8 Å². The Morgan fingerprint density at radius 2 is 2.15 bits per heavy atom. The normalized spacial score (nSPS) is 23.4. The van der Waals surface area contributed by atoms with Crippen molar-refractivity contribution in [2.45, 2.75) is 31.3 Å². The zero-order chi connectivity index (χ0) is 14.5. The molecule has 1 aliphatic carbocycles. The highest BCUT2D eigenvalue weighted by atomic mass is 32.2. The number of sulfonamides is 1. The van der Waals surface area contributed by atoms with Crippen molar-refractivity contribution in [1.82, 2.24) is 19.2 Å². The van der Waals surface area contributed by atoms with E-state index >= 15 is 0 Å². The van der Waals surface area contributed by atoms with Crippen molar-refractivity contribution in [3.63, 3.8) is 0 Å². The van der Waals surface area contributed by atoms with Gasteiger partial charge in [0.25, 0.3) is 0 Å². The average molecular weight is 298 g/mol. The summed E-state index contributed by atoms with van der Waals surface area (Å²) in [6.07, 6.45) is 4.81. The second-order valence-corrected chi connectivity index (χ2v) is 7.56. The number of aromatic nitrogens is 2. The molecule has 110 valence electrons. The lowest BCUT2D eigenvalue weighted by Crippen LogP contribution is -2.44. The SMILES string of the molecule is Cn1cnc2c1C(C(=O)NC1CC1)CN(S(C)(=O)=O)C2. The molecule has 0 spiro atoms. The highest BCUT2D eigenvalue weighted by Gasteiger charge is 2.38. The van der Waals surface area contributed by atoms with Gasteiger partial charge in [-0.3, -0.25) is 4.79 Å². The van der Waals surface area contributed by atoms with Crippen LogP contribution >= 0.6 is 0 Å². The predicted molar refractivity (Wildman–Crippen MR) is 72.4 cm³/mol. The summed E-state index contributed by atoms with van der Waals surface area (Å²) >= 11 is 0. The lowest BCUT2D eigenvalue weighted by Gasteiger charge is -2.30. The number of carbonyl (C=O) groups excluding carboxylic acids is 1. The third-order valence-corrected chi connectivity index (χ3v) is 5.03. The van der Waals surface area contributed by atoms with E-state index in [1.54, 1.807) is 6.33 Å². The Hall–Kier alpha value is -1.41. The van der Waals surface area contributed by atoms with Gasteiger partial charge in [0.05, 0.1) is 36.4 Å². The molecule has 1 fully saturated rings. The lowest BCUT2D eigenvalue weighted by atomic mass is 9.98. The van der Waals surface area contributed by atoms with Gasteiger partial charge in [-0.1, -0.05) is 0 Å². The van der Waals surface area contributed by atoms with Crippen LogP contribution in [0.25, 0.3) is 0 Å². The standard InChI is InChI=1S/C12H18N4O3S/c1-15-7-13-10-6-16(20(2,18)19)5-9(11(10)15)12(17)14-8-3-4-8/h7-9H,3-6H2,1-2H3,(H,14,17). The molecule has 8 heteroatoms. The molecular weight excluding hydrogens is 280 g/mol. The van der Waals surface area contributed by atoms with Crippen molar-refractivity contribution in [1.29, 1.82) is 0 Å². The van der Waals surface area contributed by atoms with E-state index in [0.29, 0.717) is 5.69 Å². The van der Waals surface area contributed by atoms with Crippen LogP contribution in [0.5, 0.6) is 0 Å². The molecule has 2 heterocycles. The Morgan fingerprint density at radius 3 is 2.75 bits per heavy atom. The fourth-order valence-electron chi connectivity index (χ4n) is 2.57. The quantitative estimate of drug-likeness (QED) is 0.820. The molecule has 0 saturated heterocycles. The number of hydrogen-bond acceptors (Lipinski definition) is 4. The fraction of sp³-hybridized carbons (Fsp3) is 0.667. The van der Waals surface area contributed by atoms with Gasteiger partial charge in [0.1, 0.15) is 0 Å². The van der Waals surface area contributed by atoms with Crippen LogP contribution in [0.1, 0.15) is 30.1 Å². The summed E-state index contributed by atoms with van der Waals surface area (Å²) < 4.78 is 26.7. The molecule has 20 heavy (non-hydrogen) atoms. The molecule has 3 rings (SSSR count). The molecule has 1 aliphatic heterocycles. The minimum atomic E-state index is -3.33. The molecule has 1 unspecified atom stereocenters. The van der Waals surface area contributed by atoms with Crippen LogP contribution in [0.4, 0.5) is 0 Å². The van der Waals surface area contributed by atoms with E-state index in [4.69, 9.17) is 0 Å². The maximum absolute atomic E-state index is 12.4. The zero-order valence-electron chi connectivity index (χ0n) is 11.5. The first-order chi connectivity index (χ1) is 9.36. The van der Waals surface area contributed by atoms with E-state index in [9.17, 15) is 13.2 Å². The topological polar surface area (TPSA) is 84.3 Å². The molecule has 1 amide bonds. The number of rotatable bonds is 3. The summed E-state index contributed by atoms with van der Waals surface area (Å²) in [6.45, 7) is 0.423. The third kappa shape index (κ3) is 2.45. The van der Waals surface area contributed by atoms with Gasteiger partial charge in [-0.2, -0.15) is 4.31 Å². The van der Waals surface area contributed by atoms with E-state index in [0.717, 1.165) is 24.8 Å². The number of imidazole rings is 1. The van der Waals surface area contributed by atoms with Gasteiger partial charge in [-0.25, -0.2) is 13.4 Å². The molecule has 0 bridgehead atoms. The molecule has 1 saturated carbocycles. The number of amides is 1. The van der Waals surface area contributed by atoms with Crippen LogP contribution in [0.2, 0.25) is 0 Å². The van der Waals surface area contributed by atoms with Gasteiger partial charge < -0.3 is 9.88 Å². The molecule has 1 N–H and O–H groups in total. The average Bonchev–Trinajstić information content (AvgIpc) is 3.10. The highest BCUT2D eigenvalue weighted by molar-refractivity contribution is 7.88. The van der Waals surface area contributed by atoms with Crippen molar-refractivity contribution in [3.05, 3.63) is 17.7 Å². The van der Waals surface area contributed by atoms with E-state index in [1.165, 1.54) is 4.31 Å². The largest absolute Gasteiger partial charge is 0.353 e. The molecule has 1 aromatic heterocycles. The Balaban J connectivity index is 1.93. The molecule has 2 aliphatic rings. The first-order valence-corrected chi connectivity index (χ1v) is 8.46. The minimum Gasteiger partial charge on any atom is -0.353 e. The van der Waals surface area contributed by atoms with Crippen molar-refractivity contribution < 1.29 is 13.2 Å². The number of nitrogens with zero attached hydrogens (tertiary/aromatic N) is 3. The van der Waals surface area contributed by atoms with Gasteiger partial charge in [0.2, 0.25) is 15.9 Å². The smallest absolute Gasteiger partial charge is 0.230 e. The summed E-state index contributed by atoms with van der Waals surface area (Å²) in [5.41, 5.74) is 1.49. The number of fused-ring (bicyclic) bond motifs is 1. The van der Waals surface area contributed by atoms with Gasteiger partial charge in [-0.15, -0.1) is 0 Å². The predicted octanol–water partition coefficient (Wildman–Crippen LogP) is -0.442. The monoisotopic (exact) mass is 298 g/mol. The van der Waals surface area contributed by atoms with E-state index in [-0.39, 0.29) is 25.0 Å². The van der Waals surface area contributed by atoms with Crippen LogP contribution in [-0.4, -0.2) is 47.0 Å². The molecule has 0 radical (unpaired) electrons. The molecule has 7 nitrogen and oxygen atoms in total. The van der Waals surface area contributed by atoms with Gasteiger partial charge >= 0.3 is 0 Å². The van der Waals surface area contributed by atoms with Crippen molar-refractivity contribution in [3.8, 4) is 0 Å². The van der Waals surface area contributed by atoms with Crippen LogP contribution < -0.4 is 5.32 Å². The maximum atomic E-state index is 12.4. The Kier molecular flexibility index (Phi) is 3.09. The lowest BCUT2D eigenvalue weighted by molar-refractivity contribution is -0.123. The first-order valence-electron chi connectivity index (χ1n) is 6.62. The minimum absolute atomic E-state index is 0.106. The maximum Gasteiger partial charge on any atom is 0.230 e. The van der Waals surface area contributed by atoms with Crippen LogP contribution in [-0.2, 0) is 28.4 Å². The fourth-order valence-corrected chi connectivity index (χ4v) is 3.34. The van der Waals surface area contributed by atoms with Gasteiger partial charge in [0, 0.05) is 19.6 Å². The number of nitrogens with one attached hydrogen (secondary N) is 1. The summed E-state index contributed by atoms with van der Waals surface area (Å²) in [4.78, 5) is 16.6. The number of carbonyl (C=O) groups is 1. The zero-order valence-corrected chi connectivity index (χ0v) is 12.4. The van der Waals surface area contributed by atoms with Gasteiger partial charge in [0.15, 0.2) is 0 Å². The summed E-state index contributed by atoms with van der Waals surface area (Å²) in [7, 11) is -1.50.